The minimum Gasteiger partial charge on any atom is -0.480 e. The summed E-state index contributed by atoms with van der Waals surface area (Å²) in [6.45, 7) is -0.481. The Morgan fingerprint density at radius 1 is 1.39 bits per heavy atom. The minimum atomic E-state index is -2.74. The summed E-state index contributed by atoms with van der Waals surface area (Å²) in [7, 11) is 0. The summed E-state index contributed by atoms with van der Waals surface area (Å²) in [5.41, 5.74) is -2.63. The molecule has 0 aromatic heterocycles. The van der Waals surface area contributed by atoms with Crippen molar-refractivity contribution in [3.8, 4) is 0 Å². The fourth-order valence-corrected chi connectivity index (χ4v) is 2.19. The molecule has 9 nitrogen and oxygen atoms in total. The van der Waals surface area contributed by atoms with Crippen LogP contribution < -0.4 is 5.32 Å². The minimum absolute atomic E-state index is 0.481. The Hall–Kier alpha value is -1.26. The molecular weight excluding hydrogens is 250 g/mol. The third-order valence-corrected chi connectivity index (χ3v) is 3.31. The van der Waals surface area contributed by atoms with E-state index in [0.29, 0.717) is 0 Å². The van der Waals surface area contributed by atoms with Crippen LogP contribution in [0.4, 0.5) is 0 Å². The van der Waals surface area contributed by atoms with E-state index in [4.69, 9.17) is 9.84 Å². The van der Waals surface area contributed by atoms with Crippen LogP contribution in [0, 0.1) is 0 Å². The van der Waals surface area contributed by atoms with Crippen molar-refractivity contribution >= 4 is 11.9 Å². The predicted molar refractivity (Wildman–Crippen MR) is 52.0 cm³/mol. The number of nitrogens with one attached hydrogen (secondary N) is 1. The number of ether oxygens (including phenoxy) is 1. The van der Waals surface area contributed by atoms with E-state index in [1.54, 1.807) is 0 Å². The largest absolute Gasteiger partial charge is 0.480 e. The maximum atomic E-state index is 11.6. The Balaban J connectivity index is 2.32. The van der Waals surface area contributed by atoms with Gasteiger partial charge in [0.05, 0.1) is 6.61 Å². The Morgan fingerprint density at radius 3 is 2.39 bits per heavy atom. The van der Waals surface area contributed by atoms with Gasteiger partial charge in [0.2, 0.25) is 11.4 Å². The third-order valence-electron chi connectivity index (χ3n) is 3.31. The normalized spacial score (nSPS) is 48.2. The number of carbonyl (C=O) groups is 2. The molecular formula is C9H13NO8. The highest BCUT2D eigenvalue weighted by Crippen LogP contribution is 2.40. The fourth-order valence-electron chi connectivity index (χ4n) is 2.19. The van der Waals surface area contributed by atoms with E-state index in [9.17, 15) is 30.0 Å². The van der Waals surface area contributed by atoms with Crippen LogP contribution in [0.5, 0.6) is 0 Å². The van der Waals surface area contributed by atoms with Crippen LogP contribution in [0.15, 0.2) is 0 Å². The van der Waals surface area contributed by atoms with E-state index >= 15 is 0 Å². The molecule has 2 aliphatic rings. The number of aliphatic hydroxyl groups excluding tert-OH is 2. The molecule has 0 spiro atoms. The van der Waals surface area contributed by atoms with Gasteiger partial charge in [-0.25, -0.2) is 4.79 Å². The van der Waals surface area contributed by atoms with Crippen LogP contribution >= 0.6 is 0 Å². The average molecular weight is 263 g/mol. The summed E-state index contributed by atoms with van der Waals surface area (Å²) in [6, 6.07) is -1.40. The Kier molecular flexibility index (Phi) is 2.83. The molecule has 0 aromatic rings. The summed E-state index contributed by atoms with van der Waals surface area (Å²) >= 11 is 0. The standard InChI is InChI=1S/C9H13NO8/c11-4-2-18-9(17,5(4)12)8(16)1-3(6(13)14)10-7(8)15/h3-5,11-12,16-17H,1-2H2,(H,10,15)(H,13,14)/t3-,4?,5?,8?,9?/m0/s1. The van der Waals surface area contributed by atoms with Crippen molar-refractivity contribution < 1.29 is 39.9 Å². The number of hydrogen-bond acceptors (Lipinski definition) is 7. The topological polar surface area (TPSA) is 157 Å². The van der Waals surface area contributed by atoms with E-state index in [1.807, 2.05) is 5.32 Å². The molecule has 2 heterocycles. The molecule has 1 amide bonds. The number of rotatable bonds is 2. The molecule has 2 fully saturated rings. The van der Waals surface area contributed by atoms with Crippen molar-refractivity contribution in [2.75, 3.05) is 6.61 Å². The molecule has 2 saturated heterocycles. The first-order chi connectivity index (χ1) is 8.22. The van der Waals surface area contributed by atoms with Crippen LogP contribution in [0.3, 0.4) is 0 Å². The van der Waals surface area contributed by atoms with Crippen LogP contribution in [-0.4, -0.2) is 73.7 Å². The molecule has 4 unspecified atom stereocenters. The number of aliphatic hydroxyl groups is 4. The van der Waals surface area contributed by atoms with Gasteiger partial charge in [0.15, 0.2) is 0 Å². The van der Waals surface area contributed by atoms with Gasteiger partial charge in [0, 0.05) is 6.42 Å². The molecule has 18 heavy (non-hydrogen) atoms. The highest BCUT2D eigenvalue weighted by Gasteiger charge is 2.68. The molecule has 5 atom stereocenters. The SMILES string of the molecule is O=C(O)[C@@H]1CC(O)(C2(O)OCC(O)C2O)C(=O)N1. The molecule has 0 aliphatic carbocycles. The lowest BCUT2D eigenvalue weighted by Crippen LogP contribution is -2.64. The van der Waals surface area contributed by atoms with E-state index in [1.165, 1.54) is 0 Å². The summed E-state index contributed by atoms with van der Waals surface area (Å²) in [5, 5.41) is 49.7. The molecule has 0 radical (unpaired) electrons. The molecule has 0 bridgehead atoms. The molecule has 0 aromatic carbocycles. The third kappa shape index (κ3) is 1.52. The number of amides is 1. The van der Waals surface area contributed by atoms with E-state index in [0.717, 1.165) is 0 Å². The van der Waals surface area contributed by atoms with E-state index in [2.05, 4.69) is 0 Å². The maximum absolute atomic E-state index is 11.6. The first-order valence-corrected chi connectivity index (χ1v) is 5.21. The lowest BCUT2D eigenvalue weighted by Gasteiger charge is -2.36. The summed E-state index contributed by atoms with van der Waals surface area (Å²) < 4.78 is 4.70. The van der Waals surface area contributed by atoms with Crippen molar-refractivity contribution in [3.05, 3.63) is 0 Å². The fraction of sp³-hybridized carbons (Fsp3) is 0.778. The Morgan fingerprint density at radius 2 is 2.00 bits per heavy atom. The van der Waals surface area contributed by atoms with Crippen LogP contribution in [0.1, 0.15) is 6.42 Å². The van der Waals surface area contributed by atoms with Gasteiger partial charge in [-0.3, -0.25) is 4.79 Å². The quantitative estimate of drug-likeness (QED) is 0.295. The van der Waals surface area contributed by atoms with Crippen LogP contribution in [0.25, 0.3) is 0 Å². The predicted octanol–water partition coefficient (Wildman–Crippen LogP) is -3.87. The molecule has 102 valence electrons. The Bertz CT molecular complexity index is 400. The average Bonchev–Trinajstić information content (AvgIpc) is 2.75. The van der Waals surface area contributed by atoms with E-state index in [-0.39, 0.29) is 0 Å². The van der Waals surface area contributed by atoms with Gasteiger partial charge >= 0.3 is 5.97 Å². The molecule has 2 aliphatic heterocycles. The van der Waals surface area contributed by atoms with Gasteiger partial charge in [-0.2, -0.15) is 0 Å². The van der Waals surface area contributed by atoms with Crippen molar-refractivity contribution in [2.45, 2.75) is 36.1 Å². The molecule has 2 rings (SSSR count). The van der Waals surface area contributed by atoms with Gasteiger partial charge in [0.25, 0.3) is 5.91 Å². The second-order valence-electron chi connectivity index (χ2n) is 4.45. The zero-order valence-electron chi connectivity index (χ0n) is 9.11. The number of aliphatic carboxylic acids is 1. The molecule has 9 heteroatoms. The number of carboxylic acids is 1. The van der Waals surface area contributed by atoms with Gasteiger partial charge in [-0.05, 0) is 0 Å². The van der Waals surface area contributed by atoms with Crippen LogP contribution in [0.2, 0.25) is 0 Å². The summed E-state index contributed by atoms with van der Waals surface area (Å²) in [4.78, 5) is 22.3. The van der Waals surface area contributed by atoms with Crippen molar-refractivity contribution in [3.63, 3.8) is 0 Å². The Labute approximate surface area is 101 Å². The van der Waals surface area contributed by atoms with E-state index < -0.39 is 54.5 Å². The number of hydrogen-bond donors (Lipinski definition) is 6. The monoisotopic (exact) mass is 263 g/mol. The first-order valence-electron chi connectivity index (χ1n) is 5.21. The zero-order chi connectivity index (χ0) is 13.7. The van der Waals surface area contributed by atoms with Gasteiger partial charge in [-0.15, -0.1) is 0 Å². The first kappa shape index (κ1) is 13.2. The van der Waals surface area contributed by atoms with Gasteiger partial charge in [0.1, 0.15) is 18.2 Å². The highest BCUT2D eigenvalue weighted by atomic mass is 16.7. The van der Waals surface area contributed by atoms with Crippen LogP contribution in [-0.2, 0) is 14.3 Å². The van der Waals surface area contributed by atoms with Crippen molar-refractivity contribution in [1.82, 2.24) is 5.32 Å². The van der Waals surface area contributed by atoms with Gasteiger partial charge in [-0.1, -0.05) is 0 Å². The number of carbonyl (C=O) groups excluding carboxylic acids is 1. The zero-order valence-corrected chi connectivity index (χ0v) is 9.11. The second kappa shape index (κ2) is 3.87. The summed E-state index contributed by atoms with van der Waals surface area (Å²) in [6.07, 6.45) is -4.07. The maximum Gasteiger partial charge on any atom is 0.326 e. The molecule has 6 N–H and O–H groups in total. The second-order valence-corrected chi connectivity index (χ2v) is 4.45. The van der Waals surface area contributed by atoms with Gasteiger partial charge < -0.3 is 35.6 Å². The summed E-state index contributed by atoms with van der Waals surface area (Å²) in [5.74, 6) is -5.30. The number of carboxylic acid groups (broad SMARTS) is 1. The molecule has 0 saturated carbocycles. The van der Waals surface area contributed by atoms with Crippen molar-refractivity contribution in [2.24, 2.45) is 0 Å². The lowest BCUT2D eigenvalue weighted by molar-refractivity contribution is -0.295. The lowest BCUT2D eigenvalue weighted by atomic mass is 9.85. The smallest absolute Gasteiger partial charge is 0.326 e. The highest BCUT2D eigenvalue weighted by molar-refractivity contribution is 5.94. The van der Waals surface area contributed by atoms with Crippen molar-refractivity contribution in [1.29, 1.82) is 0 Å².